The molecule has 1 aliphatic carbocycles. The van der Waals surface area contributed by atoms with Crippen molar-refractivity contribution in [3.8, 4) is 0 Å². The molecule has 0 aliphatic heterocycles. The number of hydrogen-bond donors (Lipinski definition) is 1. The van der Waals surface area contributed by atoms with Crippen molar-refractivity contribution in [2.24, 2.45) is 0 Å². The maximum Gasteiger partial charge on any atom is 0.120 e. The summed E-state index contributed by atoms with van der Waals surface area (Å²) in [4.78, 5) is 0. The van der Waals surface area contributed by atoms with Gasteiger partial charge in [-0.2, -0.15) is 11.8 Å². The number of rotatable bonds is 5. The molecule has 1 fully saturated rings. The molecule has 2 nitrogen and oxygen atoms in total. The van der Waals surface area contributed by atoms with E-state index in [-0.39, 0.29) is 0 Å². The summed E-state index contributed by atoms with van der Waals surface area (Å²) < 4.78 is 5.51. The molecule has 0 aromatic carbocycles. The number of nitrogens with one attached hydrogen (secondary N) is 1. The molecule has 0 bridgehead atoms. The lowest BCUT2D eigenvalue weighted by Gasteiger charge is -2.31. The maximum atomic E-state index is 5.51. The fourth-order valence-corrected chi connectivity index (χ4v) is 3.51. The molecule has 0 amide bonds. The minimum Gasteiger partial charge on any atom is -0.468 e. The zero-order chi connectivity index (χ0) is 12.1. The molecular weight excluding hydrogens is 230 g/mol. The Morgan fingerprint density at radius 2 is 2.41 bits per heavy atom. The predicted molar refractivity (Wildman–Crippen MR) is 74.4 cm³/mol. The zero-order valence-electron chi connectivity index (χ0n) is 10.8. The van der Waals surface area contributed by atoms with E-state index in [0.29, 0.717) is 12.1 Å². The molecule has 0 spiro atoms. The molecule has 1 saturated carbocycles. The quantitative estimate of drug-likeness (QED) is 0.859. The Hall–Kier alpha value is -0.410. The van der Waals surface area contributed by atoms with Crippen molar-refractivity contribution in [3.05, 3.63) is 24.2 Å². The third-order valence-electron chi connectivity index (χ3n) is 3.69. The summed E-state index contributed by atoms with van der Waals surface area (Å²) in [6.07, 6.45) is 10.5. The zero-order valence-corrected chi connectivity index (χ0v) is 11.6. The smallest absolute Gasteiger partial charge is 0.120 e. The topological polar surface area (TPSA) is 25.2 Å². The summed E-state index contributed by atoms with van der Waals surface area (Å²) in [5.74, 6) is 1.08. The monoisotopic (exact) mass is 253 g/mol. The number of thioether (sulfide) groups is 1. The predicted octanol–water partition coefficient (Wildman–Crippen LogP) is 3.99. The van der Waals surface area contributed by atoms with Gasteiger partial charge in [-0.25, -0.2) is 0 Å². The molecule has 1 aliphatic rings. The van der Waals surface area contributed by atoms with Gasteiger partial charge >= 0.3 is 0 Å². The van der Waals surface area contributed by atoms with Gasteiger partial charge in [0.05, 0.1) is 12.3 Å². The van der Waals surface area contributed by atoms with Crippen LogP contribution in [-0.4, -0.2) is 17.5 Å². The maximum absolute atomic E-state index is 5.51. The lowest BCUT2D eigenvalue weighted by atomic mass is 9.94. The molecule has 1 N–H and O–H groups in total. The Morgan fingerprint density at radius 1 is 1.53 bits per heavy atom. The molecule has 1 aromatic rings. The average molecular weight is 253 g/mol. The van der Waals surface area contributed by atoms with Gasteiger partial charge in [0.1, 0.15) is 5.76 Å². The fraction of sp³-hybridized carbons (Fsp3) is 0.714. The SMILES string of the molecule is CCC(NC1CCCC(SC)C1)c1ccco1. The van der Waals surface area contributed by atoms with Crippen LogP contribution in [0.25, 0.3) is 0 Å². The van der Waals surface area contributed by atoms with Crippen molar-refractivity contribution in [2.75, 3.05) is 6.26 Å². The van der Waals surface area contributed by atoms with Crippen molar-refractivity contribution >= 4 is 11.8 Å². The van der Waals surface area contributed by atoms with Crippen LogP contribution in [0.4, 0.5) is 0 Å². The van der Waals surface area contributed by atoms with Gasteiger partial charge in [0.25, 0.3) is 0 Å². The van der Waals surface area contributed by atoms with Crippen LogP contribution in [0.3, 0.4) is 0 Å². The van der Waals surface area contributed by atoms with Crippen molar-refractivity contribution in [1.29, 1.82) is 0 Å². The lowest BCUT2D eigenvalue weighted by Crippen LogP contribution is -2.37. The molecule has 2 rings (SSSR count). The van der Waals surface area contributed by atoms with Gasteiger partial charge in [0.2, 0.25) is 0 Å². The van der Waals surface area contributed by atoms with E-state index < -0.39 is 0 Å². The van der Waals surface area contributed by atoms with Crippen LogP contribution in [0.15, 0.2) is 22.8 Å². The first kappa shape index (κ1) is 13.0. The molecule has 3 heteroatoms. The Morgan fingerprint density at radius 3 is 3.06 bits per heavy atom. The van der Waals surface area contributed by atoms with E-state index in [2.05, 4.69) is 24.6 Å². The van der Waals surface area contributed by atoms with Crippen molar-refractivity contribution in [3.63, 3.8) is 0 Å². The van der Waals surface area contributed by atoms with Crippen LogP contribution in [0.1, 0.15) is 50.8 Å². The largest absolute Gasteiger partial charge is 0.468 e. The van der Waals surface area contributed by atoms with Crippen LogP contribution in [-0.2, 0) is 0 Å². The van der Waals surface area contributed by atoms with Crippen LogP contribution in [0, 0.1) is 0 Å². The molecular formula is C14H23NOS. The Bertz CT molecular complexity index is 312. The highest BCUT2D eigenvalue weighted by molar-refractivity contribution is 7.99. The minimum atomic E-state index is 0.385. The van der Waals surface area contributed by atoms with E-state index in [9.17, 15) is 0 Å². The van der Waals surface area contributed by atoms with Gasteiger partial charge < -0.3 is 9.73 Å². The second kappa shape index (κ2) is 6.50. The number of furan rings is 1. The minimum absolute atomic E-state index is 0.385. The second-order valence-electron chi connectivity index (χ2n) is 4.86. The van der Waals surface area contributed by atoms with Gasteiger partial charge in [-0.1, -0.05) is 13.3 Å². The van der Waals surface area contributed by atoms with Gasteiger partial charge in [-0.3, -0.25) is 0 Å². The van der Waals surface area contributed by atoms with Crippen molar-refractivity contribution < 1.29 is 4.42 Å². The van der Waals surface area contributed by atoms with E-state index in [1.807, 2.05) is 17.8 Å². The Kier molecular flexibility index (Phi) is 4.99. The summed E-state index contributed by atoms with van der Waals surface area (Å²) in [6, 6.07) is 5.10. The average Bonchev–Trinajstić information content (AvgIpc) is 2.90. The number of hydrogen-bond acceptors (Lipinski definition) is 3. The van der Waals surface area contributed by atoms with Gasteiger partial charge in [-0.05, 0) is 44.1 Å². The highest BCUT2D eigenvalue weighted by Crippen LogP contribution is 2.29. The molecule has 3 unspecified atom stereocenters. The van der Waals surface area contributed by atoms with E-state index in [1.165, 1.54) is 25.7 Å². The van der Waals surface area contributed by atoms with Gasteiger partial charge in [0.15, 0.2) is 0 Å². The summed E-state index contributed by atoms with van der Waals surface area (Å²) in [5.41, 5.74) is 0. The summed E-state index contributed by atoms with van der Waals surface area (Å²) >= 11 is 2.02. The van der Waals surface area contributed by atoms with Gasteiger partial charge in [-0.15, -0.1) is 0 Å². The standard InChI is InChI=1S/C14H23NOS/c1-3-13(14-8-5-9-16-14)15-11-6-4-7-12(10-11)17-2/h5,8-9,11-13,15H,3-4,6-7,10H2,1-2H3. The molecule has 96 valence electrons. The van der Waals surface area contributed by atoms with Crippen molar-refractivity contribution in [2.45, 2.75) is 56.4 Å². The Labute approximate surface area is 109 Å². The van der Waals surface area contributed by atoms with Crippen LogP contribution in [0.5, 0.6) is 0 Å². The van der Waals surface area contributed by atoms with Crippen LogP contribution < -0.4 is 5.32 Å². The third-order valence-corrected chi connectivity index (χ3v) is 4.79. The Balaban J connectivity index is 1.90. The second-order valence-corrected chi connectivity index (χ2v) is 6.00. The summed E-state index contributed by atoms with van der Waals surface area (Å²) in [5, 5.41) is 4.61. The van der Waals surface area contributed by atoms with Crippen LogP contribution in [0.2, 0.25) is 0 Å². The molecule has 3 atom stereocenters. The first-order chi connectivity index (χ1) is 8.33. The first-order valence-corrected chi connectivity index (χ1v) is 7.94. The molecule has 17 heavy (non-hydrogen) atoms. The summed E-state index contributed by atoms with van der Waals surface area (Å²) in [7, 11) is 0. The highest BCUT2D eigenvalue weighted by Gasteiger charge is 2.24. The third kappa shape index (κ3) is 3.52. The highest BCUT2D eigenvalue weighted by atomic mass is 32.2. The van der Waals surface area contributed by atoms with Crippen molar-refractivity contribution in [1.82, 2.24) is 5.32 Å². The normalized spacial score (nSPS) is 26.9. The first-order valence-electron chi connectivity index (χ1n) is 6.65. The van der Waals surface area contributed by atoms with Gasteiger partial charge in [0, 0.05) is 11.3 Å². The summed E-state index contributed by atoms with van der Waals surface area (Å²) in [6.45, 7) is 2.22. The fourth-order valence-electron chi connectivity index (χ4n) is 2.69. The molecule has 1 aromatic heterocycles. The van der Waals surface area contributed by atoms with E-state index in [1.54, 1.807) is 6.26 Å². The van der Waals surface area contributed by atoms with Crippen LogP contribution >= 0.6 is 11.8 Å². The molecule has 1 heterocycles. The van der Waals surface area contributed by atoms with E-state index in [0.717, 1.165) is 17.4 Å². The molecule has 0 radical (unpaired) electrons. The lowest BCUT2D eigenvalue weighted by molar-refractivity contribution is 0.312. The van der Waals surface area contributed by atoms with E-state index in [4.69, 9.17) is 4.42 Å². The molecule has 0 saturated heterocycles. The van der Waals surface area contributed by atoms with E-state index >= 15 is 0 Å².